The Morgan fingerprint density at radius 3 is 2.27 bits per heavy atom. The highest BCUT2D eigenvalue weighted by molar-refractivity contribution is 6.23. The van der Waals surface area contributed by atoms with E-state index in [1.54, 1.807) is 0 Å². The fourth-order valence-corrected chi connectivity index (χ4v) is 2.44. The minimum absolute atomic E-state index is 0.451. The van der Waals surface area contributed by atoms with E-state index in [0.717, 1.165) is 10.2 Å². The molecule has 0 saturated carbocycles. The van der Waals surface area contributed by atoms with Crippen LogP contribution >= 0.6 is 0 Å². The Labute approximate surface area is 71.6 Å². The Hall–Kier alpha value is -0.543. The molecule has 0 amide bonds. The van der Waals surface area contributed by atoms with E-state index in [2.05, 4.69) is 37.6 Å². The van der Waals surface area contributed by atoms with Crippen molar-refractivity contribution in [3.05, 3.63) is 23.5 Å². The molecule has 1 atom stereocenters. The summed E-state index contributed by atoms with van der Waals surface area (Å²) < 4.78 is 0. The van der Waals surface area contributed by atoms with Crippen LogP contribution in [0.2, 0.25) is 0 Å². The van der Waals surface area contributed by atoms with Crippen molar-refractivity contribution in [1.29, 1.82) is 0 Å². The van der Waals surface area contributed by atoms with Gasteiger partial charge in [0.1, 0.15) is 0 Å². The first-order chi connectivity index (χ1) is 5.09. The molecule has 1 rings (SSSR count). The Balaban J connectivity index is 2.94. The number of hydrogen-bond acceptors (Lipinski definition) is 2. The molecule has 3 heteroatoms. The third-order valence-electron chi connectivity index (χ3n) is 2.60. The predicted molar refractivity (Wildman–Crippen MR) is 52.2 cm³/mol. The van der Waals surface area contributed by atoms with Crippen LogP contribution in [0, 0.1) is 0 Å². The summed E-state index contributed by atoms with van der Waals surface area (Å²) in [6.45, 7) is 6.00. The lowest BCUT2D eigenvalue weighted by molar-refractivity contribution is 0.0785. The van der Waals surface area contributed by atoms with Gasteiger partial charge in [-0.2, -0.15) is 0 Å². The van der Waals surface area contributed by atoms with Crippen LogP contribution in [-0.2, 0) is 0 Å². The van der Waals surface area contributed by atoms with E-state index in [1.807, 2.05) is 6.08 Å². The van der Waals surface area contributed by atoms with Gasteiger partial charge in [0.15, 0.2) is 0 Å². The molecule has 62 valence electrons. The molecule has 0 bridgehead atoms. The molecule has 0 aliphatic carbocycles. The van der Waals surface area contributed by atoms with Crippen LogP contribution in [0.25, 0.3) is 0 Å². The summed E-state index contributed by atoms with van der Waals surface area (Å²) in [4.78, 5) is 0. The summed E-state index contributed by atoms with van der Waals surface area (Å²) in [7, 11) is 5.32. The zero-order valence-corrected chi connectivity index (χ0v) is 9.76. The van der Waals surface area contributed by atoms with Crippen molar-refractivity contribution in [2.75, 3.05) is 14.1 Å². The van der Waals surface area contributed by atoms with Gasteiger partial charge in [-0.1, -0.05) is 6.08 Å². The van der Waals surface area contributed by atoms with E-state index < -0.39 is 0 Å². The molecule has 0 radical (unpaired) electrons. The molecule has 1 unspecified atom stereocenters. The number of rotatable bonds is 1. The lowest BCUT2D eigenvalue weighted by Gasteiger charge is -2.26. The van der Waals surface area contributed by atoms with Crippen LogP contribution < -0.4 is 0 Å². The first-order valence-corrected chi connectivity index (χ1v) is 4.86. The van der Waals surface area contributed by atoms with E-state index >= 15 is 0 Å². The molecular weight excluding hydrogens is 152 g/mol. The summed E-state index contributed by atoms with van der Waals surface area (Å²) >= 11 is 0. The topological polar surface area (TPSA) is 6.48 Å². The standard InChI is InChI=1S/C8H16N2Si/c1-5-7-8(11)6(2)9(3)10(7)4/h5,7H,1H2,2-4,11H3. The van der Waals surface area contributed by atoms with E-state index in [0.29, 0.717) is 6.04 Å². The van der Waals surface area contributed by atoms with Gasteiger partial charge >= 0.3 is 0 Å². The number of hydrazine groups is 1. The lowest BCUT2D eigenvalue weighted by atomic mass is 10.2. The second-order valence-electron chi connectivity index (χ2n) is 3.05. The van der Waals surface area contributed by atoms with Crippen molar-refractivity contribution in [2.45, 2.75) is 13.0 Å². The highest BCUT2D eigenvalue weighted by Crippen LogP contribution is 2.23. The average Bonchev–Trinajstić information content (AvgIpc) is 2.17. The van der Waals surface area contributed by atoms with Gasteiger partial charge in [0.25, 0.3) is 0 Å². The second kappa shape index (κ2) is 2.83. The summed E-state index contributed by atoms with van der Waals surface area (Å²) in [6, 6.07) is 0.451. The quantitative estimate of drug-likeness (QED) is 0.399. The van der Waals surface area contributed by atoms with Crippen LogP contribution in [0.3, 0.4) is 0 Å². The molecule has 0 fully saturated rings. The van der Waals surface area contributed by atoms with Gasteiger partial charge in [0.05, 0.1) is 6.04 Å². The van der Waals surface area contributed by atoms with Gasteiger partial charge in [-0.05, 0) is 12.1 Å². The first-order valence-electron chi connectivity index (χ1n) is 3.86. The molecule has 11 heavy (non-hydrogen) atoms. The minimum atomic E-state index is 0.451. The molecule has 0 aromatic heterocycles. The smallest absolute Gasteiger partial charge is 0.0652 e. The summed E-state index contributed by atoms with van der Waals surface area (Å²) in [6.07, 6.45) is 2.01. The molecule has 1 aliphatic rings. The summed E-state index contributed by atoms with van der Waals surface area (Å²) in [5.41, 5.74) is 1.39. The largest absolute Gasteiger partial charge is 0.313 e. The van der Waals surface area contributed by atoms with Crippen LogP contribution in [-0.4, -0.2) is 40.4 Å². The third-order valence-corrected chi connectivity index (χ3v) is 3.91. The van der Waals surface area contributed by atoms with Crippen molar-refractivity contribution in [2.24, 2.45) is 0 Å². The molecule has 0 N–H and O–H groups in total. The maximum Gasteiger partial charge on any atom is 0.0652 e. The van der Waals surface area contributed by atoms with E-state index in [1.165, 1.54) is 10.9 Å². The van der Waals surface area contributed by atoms with E-state index in [4.69, 9.17) is 0 Å². The normalized spacial score (nSPS) is 26.8. The fourth-order valence-electron chi connectivity index (χ4n) is 1.50. The Morgan fingerprint density at radius 1 is 1.55 bits per heavy atom. The maximum atomic E-state index is 3.83. The Bertz CT molecular complexity index is 210. The average molecular weight is 168 g/mol. The molecular formula is C8H16N2Si. The number of nitrogens with zero attached hydrogens (tertiary/aromatic N) is 2. The van der Waals surface area contributed by atoms with Crippen molar-refractivity contribution in [3.8, 4) is 0 Å². The fraction of sp³-hybridized carbons (Fsp3) is 0.500. The van der Waals surface area contributed by atoms with Gasteiger partial charge in [-0.25, -0.2) is 5.01 Å². The van der Waals surface area contributed by atoms with Crippen LogP contribution in [0.5, 0.6) is 0 Å². The van der Waals surface area contributed by atoms with Crippen molar-refractivity contribution < 1.29 is 0 Å². The zero-order valence-electron chi connectivity index (χ0n) is 7.76. The van der Waals surface area contributed by atoms with Crippen molar-refractivity contribution in [3.63, 3.8) is 0 Å². The molecule has 0 saturated heterocycles. The third kappa shape index (κ3) is 1.14. The zero-order chi connectivity index (χ0) is 8.59. The van der Waals surface area contributed by atoms with Crippen LogP contribution in [0.4, 0.5) is 0 Å². The maximum absolute atomic E-state index is 3.83. The van der Waals surface area contributed by atoms with Crippen molar-refractivity contribution >= 4 is 10.2 Å². The molecule has 0 aromatic carbocycles. The van der Waals surface area contributed by atoms with Gasteiger partial charge < -0.3 is 5.01 Å². The molecule has 0 aromatic rings. The number of allylic oxidation sites excluding steroid dienone is 1. The lowest BCUT2D eigenvalue weighted by Crippen LogP contribution is -2.35. The first kappa shape index (κ1) is 8.55. The van der Waals surface area contributed by atoms with Crippen LogP contribution in [0.15, 0.2) is 23.5 Å². The Kier molecular flexibility index (Phi) is 2.20. The highest BCUT2D eigenvalue weighted by Gasteiger charge is 2.26. The summed E-state index contributed by atoms with van der Waals surface area (Å²) in [5, 5.41) is 5.93. The van der Waals surface area contributed by atoms with Crippen LogP contribution in [0.1, 0.15) is 6.92 Å². The highest BCUT2D eigenvalue weighted by atomic mass is 28.1. The van der Waals surface area contributed by atoms with Crippen molar-refractivity contribution in [1.82, 2.24) is 10.0 Å². The molecule has 0 spiro atoms. The molecule has 1 heterocycles. The van der Waals surface area contributed by atoms with Gasteiger partial charge in [-0.15, -0.1) is 6.58 Å². The minimum Gasteiger partial charge on any atom is -0.313 e. The second-order valence-corrected chi connectivity index (χ2v) is 4.12. The summed E-state index contributed by atoms with van der Waals surface area (Å²) in [5.74, 6) is 0. The van der Waals surface area contributed by atoms with Gasteiger partial charge in [0, 0.05) is 30.0 Å². The molecule has 2 nitrogen and oxygen atoms in total. The van der Waals surface area contributed by atoms with E-state index in [9.17, 15) is 0 Å². The Morgan fingerprint density at radius 2 is 2.09 bits per heavy atom. The van der Waals surface area contributed by atoms with Gasteiger partial charge in [-0.3, -0.25) is 0 Å². The molecule has 1 aliphatic heterocycles. The number of hydrogen-bond donors (Lipinski definition) is 0. The number of likely N-dealkylation sites (N-methyl/N-ethyl adjacent to an activating group) is 1. The van der Waals surface area contributed by atoms with E-state index in [-0.39, 0.29) is 0 Å². The van der Waals surface area contributed by atoms with Gasteiger partial charge in [0.2, 0.25) is 0 Å². The predicted octanol–water partition coefficient (Wildman–Crippen LogP) is -0.0699. The SMILES string of the molecule is C=CC1C([SiH3])=C(C)N(C)N1C. The monoisotopic (exact) mass is 168 g/mol.